The minimum Gasteiger partial charge on any atom is -0.381 e. The molecular weight excluding hydrogens is 262 g/mol. The number of hydrogen-bond donors (Lipinski definition) is 1. The molecule has 3 nitrogen and oxygen atoms in total. The van der Waals surface area contributed by atoms with E-state index in [1.807, 2.05) is 0 Å². The lowest BCUT2D eigenvalue weighted by Gasteiger charge is -2.37. The molecule has 0 aromatic rings. The van der Waals surface area contributed by atoms with Gasteiger partial charge in [-0.2, -0.15) is 0 Å². The Labute approximate surface area is 131 Å². The van der Waals surface area contributed by atoms with E-state index in [9.17, 15) is 0 Å². The van der Waals surface area contributed by atoms with Crippen molar-refractivity contribution in [3.05, 3.63) is 0 Å². The van der Waals surface area contributed by atoms with Gasteiger partial charge in [-0.1, -0.05) is 13.8 Å². The second kappa shape index (κ2) is 6.97. The SMILES string of the molecule is CC(C)COCCC1(CNC(C)(C)C)CCOC1C1CC1. The third-order valence-electron chi connectivity index (χ3n) is 4.72. The van der Waals surface area contributed by atoms with Crippen molar-refractivity contribution in [1.82, 2.24) is 5.32 Å². The molecule has 2 unspecified atom stereocenters. The lowest BCUT2D eigenvalue weighted by molar-refractivity contribution is 0.00321. The molecule has 124 valence electrons. The van der Waals surface area contributed by atoms with E-state index in [4.69, 9.17) is 9.47 Å². The minimum atomic E-state index is 0.169. The zero-order chi connectivity index (χ0) is 15.5. The Hall–Kier alpha value is -0.120. The molecule has 0 radical (unpaired) electrons. The maximum absolute atomic E-state index is 6.14. The molecule has 1 N–H and O–H groups in total. The smallest absolute Gasteiger partial charge is 0.0673 e. The summed E-state index contributed by atoms with van der Waals surface area (Å²) >= 11 is 0. The Morgan fingerprint density at radius 3 is 2.57 bits per heavy atom. The molecule has 0 aromatic carbocycles. The topological polar surface area (TPSA) is 30.5 Å². The van der Waals surface area contributed by atoms with Crippen LogP contribution in [0, 0.1) is 17.3 Å². The summed E-state index contributed by atoms with van der Waals surface area (Å²) in [5, 5.41) is 3.73. The van der Waals surface area contributed by atoms with Gasteiger partial charge in [0.15, 0.2) is 0 Å². The highest BCUT2D eigenvalue weighted by atomic mass is 16.5. The molecule has 2 aliphatic rings. The predicted molar refractivity (Wildman–Crippen MR) is 87.5 cm³/mol. The first kappa shape index (κ1) is 17.2. The van der Waals surface area contributed by atoms with Crippen molar-refractivity contribution in [2.45, 2.75) is 71.9 Å². The van der Waals surface area contributed by atoms with Gasteiger partial charge in [-0.05, 0) is 58.3 Å². The zero-order valence-electron chi connectivity index (χ0n) is 14.7. The molecule has 1 heterocycles. The van der Waals surface area contributed by atoms with Gasteiger partial charge in [0.25, 0.3) is 0 Å². The fourth-order valence-corrected chi connectivity index (χ4v) is 3.32. The summed E-state index contributed by atoms with van der Waals surface area (Å²) < 4.78 is 12.0. The van der Waals surface area contributed by atoms with Crippen LogP contribution in [-0.4, -0.2) is 38.0 Å². The molecule has 1 aliphatic heterocycles. The standard InChI is InChI=1S/C18H35NO2/c1-14(2)12-20-10-8-18(13-19-17(3,4)5)9-11-21-16(18)15-6-7-15/h14-16,19H,6-13H2,1-5H3. The molecule has 21 heavy (non-hydrogen) atoms. The maximum atomic E-state index is 6.14. The van der Waals surface area contributed by atoms with E-state index in [1.54, 1.807) is 0 Å². The van der Waals surface area contributed by atoms with Gasteiger partial charge in [0.2, 0.25) is 0 Å². The molecule has 2 rings (SSSR count). The van der Waals surface area contributed by atoms with E-state index in [0.29, 0.717) is 12.0 Å². The van der Waals surface area contributed by atoms with E-state index in [2.05, 4.69) is 39.9 Å². The van der Waals surface area contributed by atoms with Crippen LogP contribution in [0.3, 0.4) is 0 Å². The maximum Gasteiger partial charge on any atom is 0.0673 e. The van der Waals surface area contributed by atoms with Crippen LogP contribution in [0.2, 0.25) is 0 Å². The zero-order valence-corrected chi connectivity index (χ0v) is 14.7. The van der Waals surface area contributed by atoms with Gasteiger partial charge in [0, 0.05) is 37.3 Å². The van der Waals surface area contributed by atoms with E-state index in [0.717, 1.165) is 38.7 Å². The summed E-state index contributed by atoms with van der Waals surface area (Å²) in [5.41, 5.74) is 0.452. The lowest BCUT2D eigenvalue weighted by Crippen LogP contribution is -2.48. The first-order chi connectivity index (χ1) is 9.82. The van der Waals surface area contributed by atoms with Crippen molar-refractivity contribution < 1.29 is 9.47 Å². The van der Waals surface area contributed by atoms with E-state index >= 15 is 0 Å². The molecule has 1 saturated carbocycles. The van der Waals surface area contributed by atoms with Crippen molar-refractivity contribution in [3.8, 4) is 0 Å². The highest BCUT2D eigenvalue weighted by Crippen LogP contribution is 2.49. The third-order valence-corrected chi connectivity index (χ3v) is 4.72. The lowest BCUT2D eigenvalue weighted by atomic mass is 9.75. The normalized spacial score (nSPS) is 30.3. The van der Waals surface area contributed by atoms with Crippen LogP contribution in [0.15, 0.2) is 0 Å². The Morgan fingerprint density at radius 2 is 2.00 bits per heavy atom. The fourth-order valence-electron chi connectivity index (χ4n) is 3.32. The van der Waals surface area contributed by atoms with Gasteiger partial charge < -0.3 is 14.8 Å². The molecule has 1 saturated heterocycles. The van der Waals surface area contributed by atoms with E-state index < -0.39 is 0 Å². The quantitative estimate of drug-likeness (QED) is 0.694. The molecule has 1 aliphatic carbocycles. The van der Waals surface area contributed by atoms with Crippen LogP contribution in [0.4, 0.5) is 0 Å². The number of rotatable bonds is 8. The van der Waals surface area contributed by atoms with Gasteiger partial charge >= 0.3 is 0 Å². The van der Waals surface area contributed by atoms with Crippen LogP contribution in [-0.2, 0) is 9.47 Å². The van der Waals surface area contributed by atoms with Crippen molar-refractivity contribution in [2.24, 2.45) is 17.3 Å². The van der Waals surface area contributed by atoms with Gasteiger partial charge in [-0.3, -0.25) is 0 Å². The van der Waals surface area contributed by atoms with E-state index in [1.165, 1.54) is 19.3 Å². The van der Waals surface area contributed by atoms with Gasteiger partial charge in [-0.15, -0.1) is 0 Å². The fraction of sp³-hybridized carbons (Fsp3) is 1.00. The summed E-state index contributed by atoms with van der Waals surface area (Å²) in [5.74, 6) is 1.42. The van der Waals surface area contributed by atoms with Crippen LogP contribution < -0.4 is 5.32 Å². The first-order valence-corrected chi connectivity index (χ1v) is 8.77. The average molecular weight is 297 g/mol. The second-order valence-electron chi connectivity index (χ2n) is 8.56. The van der Waals surface area contributed by atoms with Crippen molar-refractivity contribution in [2.75, 3.05) is 26.4 Å². The van der Waals surface area contributed by atoms with Gasteiger partial charge in [0.05, 0.1) is 6.10 Å². The van der Waals surface area contributed by atoms with Crippen molar-refractivity contribution in [1.29, 1.82) is 0 Å². The van der Waals surface area contributed by atoms with Crippen LogP contribution in [0.25, 0.3) is 0 Å². The highest BCUT2D eigenvalue weighted by molar-refractivity contribution is 5.01. The van der Waals surface area contributed by atoms with Crippen molar-refractivity contribution in [3.63, 3.8) is 0 Å². The molecular formula is C18H35NO2. The molecule has 0 bridgehead atoms. The average Bonchev–Trinajstić information content (AvgIpc) is 3.13. The second-order valence-corrected chi connectivity index (χ2v) is 8.56. The Kier molecular flexibility index (Phi) is 5.72. The summed E-state index contributed by atoms with van der Waals surface area (Å²) in [6, 6.07) is 0. The number of ether oxygens (including phenoxy) is 2. The molecule has 0 aromatic heterocycles. The number of hydrogen-bond acceptors (Lipinski definition) is 3. The number of nitrogens with one attached hydrogen (secondary N) is 1. The van der Waals surface area contributed by atoms with E-state index in [-0.39, 0.29) is 11.0 Å². The van der Waals surface area contributed by atoms with Crippen LogP contribution >= 0.6 is 0 Å². The Morgan fingerprint density at radius 1 is 1.29 bits per heavy atom. The largest absolute Gasteiger partial charge is 0.381 e. The van der Waals surface area contributed by atoms with Gasteiger partial charge in [0.1, 0.15) is 0 Å². The molecule has 0 spiro atoms. The monoisotopic (exact) mass is 297 g/mol. The Balaban J connectivity index is 1.92. The van der Waals surface area contributed by atoms with Crippen molar-refractivity contribution >= 4 is 0 Å². The highest BCUT2D eigenvalue weighted by Gasteiger charge is 2.50. The summed E-state index contributed by atoms with van der Waals surface area (Å²) in [6.07, 6.45) is 5.48. The third kappa shape index (κ3) is 5.22. The summed E-state index contributed by atoms with van der Waals surface area (Å²) in [7, 11) is 0. The van der Waals surface area contributed by atoms with Crippen LogP contribution in [0.1, 0.15) is 60.3 Å². The van der Waals surface area contributed by atoms with Gasteiger partial charge in [-0.25, -0.2) is 0 Å². The predicted octanol–water partition coefficient (Wildman–Crippen LogP) is 3.62. The Bertz CT molecular complexity index is 320. The minimum absolute atomic E-state index is 0.169. The summed E-state index contributed by atoms with van der Waals surface area (Å²) in [6.45, 7) is 14.9. The van der Waals surface area contributed by atoms with Crippen LogP contribution in [0.5, 0.6) is 0 Å². The first-order valence-electron chi connectivity index (χ1n) is 8.77. The summed E-state index contributed by atoms with van der Waals surface area (Å²) in [4.78, 5) is 0. The molecule has 2 atom stereocenters. The molecule has 3 heteroatoms. The molecule has 2 fully saturated rings. The molecule has 0 amide bonds.